The van der Waals surface area contributed by atoms with Crippen molar-refractivity contribution in [2.24, 2.45) is 5.92 Å². The summed E-state index contributed by atoms with van der Waals surface area (Å²) in [6, 6.07) is 24.3. The predicted octanol–water partition coefficient (Wildman–Crippen LogP) is 5.65. The number of carbonyl (C=O) groups is 1. The van der Waals surface area contributed by atoms with Crippen molar-refractivity contribution in [2.45, 2.75) is 45.8 Å². The van der Waals surface area contributed by atoms with Crippen LogP contribution in [0.25, 0.3) is 11.0 Å². The number of fused-ring (bicyclic) bond motifs is 1. The zero-order chi connectivity index (χ0) is 27.9. The minimum absolute atomic E-state index is 0.0445. The second kappa shape index (κ2) is 13.1. The zero-order valence-corrected chi connectivity index (χ0v) is 23.5. The van der Waals surface area contributed by atoms with Crippen LogP contribution in [0.15, 0.2) is 72.8 Å². The summed E-state index contributed by atoms with van der Waals surface area (Å²) in [5, 5.41) is 9.88. The molecule has 40 heavy (non-hydrogen) atoms. The molecule has 0 spiro atoms. The van der Waals surface area contributed by atoms with E-state index in [1.54, 1.807) is 0 Å². The van der Waals surface area contributed by atoms with E-state index in [4.69, 9.17) is 9.47 Å². The lowest BCUT2D eigenvalue weighted by molar-refractivity contribution is 0.0459. The number of imidazole rings is 1. The first-order valence-corrected chi connectivity index (χ1v) is 14.3. The molecule has 7 heteroatoms. The van der Waals surface area contributed by atoms with Crippen LogP contribution in [0.1, 0.15) is 60.0 Å². The first-order chi connectivity index (χ1) is 19.5. The second-order valence-electron chi connectivity index (χ2n) is 10.9. The van der Waals surface area contributed by atoms with E-state index in [2.05, 4.69) is 26.6 Å². The molecule has 0 bridgehead atoms. The van der Waals surface area contributed by atoms with Gasteiger partial charge in [-0.1, -0.05) is 56.3 Å². The highest BCUT2D eigenvalue weighted by Crippen LogP contribution is 2.29. The Bertz CT molecular complexity index is 1410. The molecule has 7 nitrogen and oxygen atoms in total. The number of aliphatic hydroxyl groups is 1. The van der Waals surface area contributed by atoms with Gasteiger partial charge >= 0.3 is 5.97 Å². The second-order valence-corrected chi connectivity index (χ2v) is 10.9. The Morgan fingerprint density at radius 3 is 2.48 bits per heavy atom. The monoisotopic (exact) mass is 541 g/mol. The van der Waals surface area contributed by atoms with Crippen LogP contribution >= 0.6 is 0 Å². The molecule has 0 atom stereocenters. The van der Waals surface area contributed by atoms with E-state index in [1.807, 2.05) is 74.5 Å². The SMILES string of the molecule is CC(C)COC(=O)c1ccc(Cc2ccccc2OCCN2CCC(n3c(CO)nc4ccccc43)CC2)cc1. The van der Waals surface area contributed by atoms with E-state index in [-0.39, 0.29) is 12.6 Å². The molecule has 0 saturated carbocycles. The number of piperidine rings is 1. The molecule has 1 aliphatic rings. The topological polar surface area (TPSA) is 76.8 Å². The summed E-state index contributed by atoms with van der Waals surface area (Å²) in [5.41, 5.74) is 4.87. The maximum Gasteiger partial charge on any atom is 0.338 e. The number of aliphatic hydroxyl groups excluding tert-OH is 1. The van der Waals surface area contributed by atoms with Crippen LogP contribution in [0.3, 0.4) is 0 Å². The molecule has 1 aliphatic heterocycles. The van der Waals surface area contributed by atoms with Gasteiger partial charge in [0, 0.05) is 32.1 Å². The average Bonchev–Trinajstić information content (AvgIpc) is 3.36. The van der Waals surface area contributed by atoms with E-state index >= 15 is 0 Å². The first-order valence-electron chi connectivity index (χ1n) is 14.3. The van der Waals surface area contributed by atoms with E-state index in [0.29, 0.717) is 30.7 Å². The number of likely N-dealkylation sites (tertiary alicyclic amines) is 1. The van der Waals surface area contributed by atoms with Crippen molar-refractivity contribution >= 4 is 17.0 Å². The quantitative estimate of drug-likeness (QED) is 0.247. The summed E-state index contributed by atoms with van der Waals surface area (Å²) in [6.07, 6.45) is 2.77. The molecular weight excluding hydrogens is 502 g/mol. The smallest absolute Gasteiger partial charge is 0.338 e. The molecule has 1 N–H and O–H groups in total. The van der Waals surface area contributed by atoms with Crippen LogP contribution in [0.2, 0.25) is 0 Å². The minimum Gasteiger partial charge on any atom is -0.492 e. The Morgan fingerprint density at radius 2 is 1.73 bits per heavy atom. The Labute approximate surface area is 236 Å². The summed E-state index contributed by atoms with van der Waals surface area (Å²) >= 11 is 0. The number of nitrogens with zero attached hydrogens (tertiary/aromatic N) is 3. The lowest BCUT2D eigenvalue weighted by Crippen LogP contribution is -2.37. The number of esters is 1. The van der Waals surface area contributed by atoms with E-state index in [1.165, 1.54) is 0 Å². The van der Waals surface area contributed by atoms with Gasteiger partial charge in [-0.3, -0.25) is 4.90 Å². The average molecular weight is 542 g/mol. The largest absolute Gasteiger partial charge is 0.492 e. The van der Waals surface area contributed by atoms with Gasteiger partial charge in [0.25, 0.3) is 0 Å². The fraction of sp³-hybridized carbons (Fsp3) is 0.394. The van der Waals surface area contributed by atoms with Crippen LogP contribution in [0.5, 0.6) is 5.75 Å². The molecule has 4 aromatic rings. The summed E-state index contributed by atoms with van der Waals surface area (Å²) in [5.74, 6) is 1.69. The van der Waals surface area contributed by atoms with Crippen molar-refractivity contribution in [1.82, 2.24) is 14.5 Å². The van der Waals surface area contributed by atoms with Gasteiger partial charge in [0.05, 0.1) is 23.2 Å². The lowest BCUT2D eigenvalue weighted by atomic mass is 10.0. The maximum absolute atomic E-state index is 12.2. The van der Waals surface area contributed by atoms with Crippen molar-refractivity contribution in [2.75, 3.05) is 32.8 Å². The molecule has 1 fully saturated rings. The Morgan fingerprint density at radius 1 is 1.00 bits per heavy atom. The van der Waals surface area contributed by atoms with Gasteiger partial charge in [0.15, 0.2) is 0 Å². The fourth-order valence-corrected chi connectivity index (χ4v) is 5.39. The molecule has 1 aromatic heterocycles. The maximum atomic E-state index is 12.2. The molecule has 1 saturated heterocycles. The van der Waals surface area contributed by atoms with Gasteiger partial charge in [0.1, 0.15) is 24.8 Å². The van der Waals surface area contributed by atoms with Gasteiger partial charge < -0.3 is 19.1 Å². The van der Waals surface area contributed by atoms with Gasteiger partial charge in [-0.15, -0.1) is 0 Å². The number of benzene rings is 3. The third-order valence-electron chi connectivity index (χ3n) is 7.50. The van der Waals surface area contributed by atoms with Crippen LogP contribution in [-0.2, 0) is 17.8 Å². The van der Waals surface area contributed by atoms with Crippen molar-refractivity contribution < 1.29 is 19.4 Å². The third-order valence-corrected chi connectivity index (χ3v) is 7.50. The molecule has 0 aliphatic carbocycles. The molecule has 0 radical (unpaired) electrons. The van der Waals surface area contributed by atoms with Gasteiger partial charge in [-0.25, -0.2) is 9.78 Å². The van der Waals surface area contributed by atoms with Crippen molar-refractivity contribution in [3.63, 3.8) is 0 Å². The van der Waals surface area contributed by atoms with Crippen molar-refractivity contribution in [1.29, 1.82) is 0 Å². The van der Waals surface area contributed by atoms with Crippen molar-refractivity contribution in [3.8, 4) is 5.75 Å². The zero-order valence-electron chi connectivity index (χ0n) is 23.5. The van der Waals surface area contributed by atoms with Gasteiger partial charge in [0.2, 0.25) is 0 Å². The van der Waals surface area contributed by atoms with E-state index in [0.717, 1.165) is 72.6 Å². The number of hydrogen-bond acceptors (Lipinski definition) is 6. The van der Waals surface area contributed by atoms with Gasteiger partial charge in [-0.05, 0) is 60.2 Å². The highest BCUT2D eigenvalue weighted by atomic mass is 16.5. The number of ether oxygens (including phenoxy) is 2. The minimum atomic E-state index is -0.278. The number of carbonyl (C=O) groups excluding carboxylic acids is 1. The number of rotatable bonds is 11. The summed E-state index contributed by atoms with van der Waals surface area (Å²) in [7, 11) is 0. The molecule has 3 aromatic carbocycles. The third kappa shape index (κ3) is 6.72. The van der Waals surface area contributed by atoms with Crippen LogP contribution < -0.4 is 4.74 Å². The molecule has 0 unspecified atom stereocenters. The molecule has 210 valence electrons. The van der Waals surface area contributed by atoms with Crippen LogP contribution in [-0.4, -0.2) is 58.4 Å². The Hall–Kier alpha value is -3.68. The molecule has 2 heterocycles. The standard InChI is InChI=1S/C33H39N3O4/c1-24(2)23-40-33(38)26-13-11-25(12-14-26)21-27-7-3-6-10-31(27)39-20-19-35-17-15-28(16-18-35)36-30-9-5-4-8-29(30)34-32(36)22-37/h3-14,24,28,37H,15-23H2,1-2H3. The predicted molar refractivity (Wildman–Crippen MR) is 157 cm³/mol. The molecule has 0 amide bonds. The Balaban J connectivity index is 1.12. The summed E-state index contributed by atoms with van der Waals surface area (Å²) in [4.78, 5) is 19.3. The van der Waals surface area contributed by atoms with Gasteiger partial charge in [-0.2, -0.15) is 0 Å². The molecular formula is C33H39N3O4. The molecule has 5 rings (SSSR count). The summed E-state index contributed by atoms with van der Waals surface area (Å²) < 4.78 is 13.8. The van der Waals surface area contributed by atoms with E-state index in [9.17, 15) is 9.90 Å². The van der Waals surface area contributed by atoms with Crippen LogP contribution in [0.4, 0.5) is 0 Å². The van der Waals surface area contributed by atoms with Crippen LogP contribution in [0, 0.1) is 5.92 Å². The number of aromatic nitrogens is 2. The Kier molecular flexibility index (Phi) is 9.14. The lowest BCUT2D eigenvalue weighted by Gasteiger charge is -2.33. The van der Waals surface area contributed by atoms with E-state index < -0.39 is 0 Å². The number of hydrogen-bond donors (Lipinski definition) is 1. The normalized spacial score (nSPS) is 14.6. The summed E-state index contributed by atoms with van der Waals surface area (Å²) in [6.45, 7) is 7.89. The highest BCUT2D eigenvalue weighted by molar-refractivity contribution is 5.89. The number of para-hydroxylation sites is 3. The fourth-order valence-electron chi connectivity index (χ4n) is 5.39. The first kappa shape index (κ1) is 27.9. The highest BCUT2D eigenvalue weighted by Gasteiger charge is 2.24. The van der Waals surface area contributed by atoms with Crippen molar-refractivity contribution in [3.05, 3.63) is 95.3 Å².